The Kier molecular flexibility index (Phi) is 10.4. The fraction of sp³-hybridized carbons (Fsp3) is 0.464. The largest absolute Gasteiger partial charge is 0.508 e. The maximum atomic E-state index is 13.9. The predicted octanol–water partition coefficient (Wildman–Crippen LogP) is 5.14. The van der Waals surface area contributed by atoms with Gasteiger partial charge < -0.3 is 25.4 Å². The Balaban J connectivity index is 2.55. The molecule has 2 aromatic carbocycles. The van der Waals surface area contributed by atoms with Gasteiger partial charge in [-0.05, 0) is 82.9 Å². The van der Waals surface area contributed by atoms with Gasteiger partial charge in [-0.25, -0.2) is 4.79 Å². The van der Waals surface area contributed by atoms with Gasteiger partial charge in [0.1, 0.15) is 23.4 Å². The number of anilines is 1. The van der Waals surface area contributed by atoms with Crippen LogP contribution in [0.4, 0.5) is 10.5 Å². The fourth-order valence-electron chi connectivity index (χ4n) is 3.81. The summed E-state index contributed by atoms with van der Waals surface area (Å²) < 4.78 is 5.34. The molecule has 0 saturated carbocycles. The summed E-state index contributed by atoms with van der Waals surface area (Å²) in [6.45, 7) is 12.6. The second kappa shape index (κ2) is 12.9. The molecule has 0 heterocycles. The molecule has 0 bridgehead atoms. The molecule has 0 saturated heterocycles. The van der Waals surface area contributed by atoms with Gasteiger partial charge in [0.15, 0.2) is 0 Å². The monoisotopic (exact) mass is 529 g/mol. The number of hydrogen-bond acceptors (Lipinski definition) is 6. The lowest BCUT2D eigenvalue weighted by Crippen LogP contribution is -2.55. The number of alkyl carbamates (subject to hydrolysis) is 1. The molecule has 37 heavy (non-hydrogen) atoms. The first-order valence-corrected chi connectivity index (χ1v) is 13.0. The number of thiol groups is 1. The number of aryl methyl sites for hydroxylation is 2. The van der Waals surface area contributed by atoms with Crippen LogP contribution in [-0.2, 0) is 14.3 Å². The minimum atomic E-state index is -1.04. The standard InChI is InChI=1S/C28H39N3O5S/c1-8-19(4)31(26(34)22(16-37)30-27(35)36-28(5,6)7)24(20-13-14-23(32)18(3)15-20)25(33)29-21-12-10-9-11-17(21)2/h9-15,19,22,24,32,37H,8,16H2,1-7H3,(H,29,33)(H,30,35). The lowest BCUT2D eigenvalue weighted by Gasteiger charge is -2.38. The number of aromatic hydroxyl groups is 1. The molecule has 2 aromatic rings. The van der Waals surface area contributed by atoms with Gasteiger partial charge in [-0.3, -0.25) is 9.59 Å². The van der Waals surface area contributed by atoms with E-state index >= 15 is 0 Å². The van der Waals surface area contributed by atoms with Crippen LogP contribution in [0.5, 0.6) is 5.75 Å². The van der Waals surface area contributed by atoms with Crippen LogP contribution in [0.3, 0.4) is 0 Å². The molecule has 0 aliphatic rings. The van der Waals surface area contributed by atoms with Crippen molar-refractivity contribution in [2.75, 3.05) is 11.1 Å². The molecule has 0 radical (unpaired) electrons. The number of para-hydroxylation sites is 1. The molecule has 2 rings (SSSR count). The number of carbonyl (C=O) groups is 3. The number of nitrogens with zero attached hydrogens (tertiary/aromatic N) is 1. The first-order valence-electron chi connectivity index (χ1n) is 12.4. The molecule has 3 unspecified atom stereocenters. The third kappa shape index (κ3) is 8.15. The molecule has 0 aliphatic heterocycles. The van der Waals surface area contributed by atoms with Gasteiger partial charge in [-0.2, -0.15) is 12.6 Å². The summed E-state index contributed by atoms with van der Waals surface area (Å²) in [4.78, 5) is 41.8. The molecule has 9 heteroatoms. The highest BCUT2D eigenvalue weighted by Gasteiger charge is 2.38. The van der Waals surface area contributed by atoms with Crippen LogP contribution >= 0.6 is 12.6 Å². The smallest absolute Gasteiger partial charge is 0.408 e. The third-order valence-electron chi connectivity index (χ3n) is 5.96. The average Bonchev–Trinajstić information content (AvgIpc) is 2.82. The normalized spacial score (nSPS) is 13.7. The van der Waals surface area contributed by atoms with E-state index < -0.39 is 35.6 Å². The van der Waals surface area contributed by atoms with Crippen LogP contribution in [0.15, 0.2) is 42.5 Å². The number of rotatable bonds is 9. The van der Waals surface area contributed by atoms with Gasteiger partial charge in [0, 0.05) is 17.5 Å². The second-order valence-corrected chi connectivity index (χ2v) is 10.5. The van der Waals surface area contributed by atoms with E-state index in [4.69, 9.17) is 4.74 Å². The van der Waals surface area contributed by atoms with Crippen LogP contribution in [0.25, 0.3) is 0 Å². The summed E-state index contributed by atoms with van der Waals surface area (Å²) in [5, 5.41) is 15.7. The van der Waals surface area contributed by atoms with Crippen molar-refractivity contribution in [1.29, 1.82) is 0 Å². The summed E-state index contributed by atoms with van der Waals surface area (Å²) in [7, 11) is 0. The Hall–Kier alpha value is -3.20. The van der Waals surface area contributed by atoms with Crippen molar-refractivity contribution in [3.8, 4) is 5.75 Å². The van der Waals surface area contributed by atoms with E-state index in [1.807, 2.05) is 39.0 Å². The highest BCUT2D eigenvalue weighted by Crippen LogP contribution is 2.30. The molecule has 3 N–H and O–H groups in total. The Morgan fingerprint density at radius 1 is 1.08 bits per heavy atom. The van der Waals surface area contributed by atoms with E-state index in [1.165, 1.54) is 11.0 Å². The van der Waals surface area contributed by atoms with Gasteiger partial charge in [-0.1, -0.05) is 31.2 Å². The molecule has 0 spiro atoms. The summed E-state index contributed by atoms with van der Waals surface area (Å²) in [6, 6.07) is 9.77. The minimum absolute atomic E-state index is 0.00570. The first kappa shape index (κ1) is 30.0. The summed E-state index contributed by atoms with van der Waals surface area (Å²) in [6.07, 6.45) is -0.187. The number of hydrogen-bond donors (Lipinski definition) is 4. The number of carbonyl (C=O) groups excluding carboxylic acids is 3. The van der Waals surface area contributed by atoms with E-state index in [0.717, 1.165) is 5.56 Å². The topological polar surface area (TPSA) is 108 Å². The van der Waals surface area contributed by atoms with E-state index in [1.54, 1.807) is 45.9 Å². The molecule has 0 aromatic heterocycles. The third-order valence-corrected chi connectivity index (χ3v) is 6.32. The molecular weight excluding hydrogens is 490 g/mol. The Morgan fingerprint density at radius 2 is 1.73 bits per heavy atom. The summed E-state index contributed by atoms with van der Waals surface area (Å²) in [5.74, 6) is -0.789. The number of phenols is 1. The molecule has 0 aliphatic carbocycles. The number of amides is 3. The second-order valence-electron chi connectivity index (χ2n) is 10.1. The molecule has 8 nitrogen and oxygen atoms in total. The Bertz CT molecular complexity index is 1120. The highest BCUT2D eigenvalue weighted by atomic mass is 32.1. The van der Waals surface area contributed by atoms with Crippen molar-refractivity contribution in [1.82, 2.24) is 10.2 Å². The van der Waals surface area contributed by atoms with Crippen LogP contribution in [-0.4, -0.2) is 51.4 Å². The van der Waals surface area contributed by atoms with Crippen molar-refractivity contribution in [3.05, 3.63) is 59.2 Å². The number of benzene rings is 2. The molecule has 3 amide bonds. The average molecular weight is 530 g/mol. The van der Waals surface area contributed by atoms with Gasteiger partial charge in [-0.15, -0.1) is 0 Å². The Morgan fingerprint density at radius 3 is 2.27 bits per heavy atom. The van der Waals surface area contributed by atoms with Crippen LogP contribution in [0.2, 0.25) is 0 Å². The fourth-order valence-corrected chi connectivity index (χ4v) is 4.06. The van der Waals surface area contributed by atoms with E-state index in [-0.39, 0.29) is 17.5 Å². The van der Waals surface area contributed by atoms with Crippen molar-refractivity contribution in [2.45, 2.75) is 78.6 Å². The molecular formula is C28H39N3O5S. The van der Waals surface area contributed by atoms with E-state index in [2.05, 4.69) is 23.3 Å². The number of phenolic OH excluding ortho intramolecular Hbond substituents is 1. The lowest BCUT2D eigenvalue weighted by atomic mass is 9.98. The lowest BCUT2D eigenvalue weighted by molar-refractivity contribution is -0.142. The van der Waals surface area contributed by atoms with Gasteiger partial charge in [0.2, 0.25) is 5.91 Å². The maximum Gasteiger partial charge on any atom is 0.408 e. The van der Waals surface area contributed by atoms with Crippen molar-refractivity contribution >= 4 is 36.2 Å². The van der Waals surface area contributed by atoms with Crippen molar-refractivity contribution in [3.63, 3.8) is 0 Å². The van der Waals surface area contributed by atoms with Crippen molar-refractivity contribution < 1.29 is 24.2 Å². The van der Waals surface area contributed by atoms with E-state index in [0.29, 0.717) is 23.2 Å². The first-order chi connectivity index (χ1) is 17.3. The summed E-state index contributed by atoms with van der Waals surface area (Å²) >= 11 is 4.31. The van der Waals surface area contributed by atoms with Crippen LogP contribution in [0, 0.1) is 13.8 Å². The SMILES string of the molecule is CCC(C)N(C(=O)C(CS)NC(=O)OC(C)(C)C)C(C(=O)Nc1ccccc1C)c1ccc(O)c(C)c1. The van der Waals surface area contributed by atoms with Gasteiger partial charge >= 0.3 is 6.09 Å². The zero-order chi connectivity index (χ0) is 27.9. The van der Waals surface area contributed by atoms with Crippen molar-refractivity contribution in [2.24, 2.45) is 0 Å². The van der Waals surface area contributed by atoms with Crippen LogP contribution < -0.4 is 10.6 Å². The predicted molar refractivity (Wildman–Crippen MR) is 149 cm³/mol. The highest BCUT2D eigenvalue weighted by molar-refractivity contribution is 7.80. The van der Waals surface area contributed by atoms with Crippen LogP contribution in [0.1, 0.15) is 63.8 Å². The van der Waals surface area contributed by atoms with Gasteiger partial charge in [0.25, 0.3) is 5.91 Å². The number of nitrogens with one attached hydrogen (secondary N) is 2. The van der Waals surface area contributed by atoms with Gasteiger partial charge in [0.05, 0.1) is 0 Å². The zero-order valence-electron chi connectivity index (χ0n) is 22.7. The molecule has 0 fully saturated rings. The zero-order valence-corrected chi connectivity index (χ0v) is 23.6. The van der Waals surface area contributed by atoms with E-state index in [9.17, 15) is 19.5 Å². The Labute approximate surface area is 225 Å². The molecule has 202 valence electrons. The summed E-state index contributed by atoms with van der Waals surface area (Å²) in [5.41, 5.74) is 1.86. The maximum absolute atomic E-state index is 13.9. The number of ether oxygens (including phenoxy) is 1. The molecule has 3 atom stereocenters. The minimum Gasteiger partial charge on any atom is -0.508 e. The quantitative estimate of drug-likeness (QED) is 0.337.